The Bertz CT molecular complexity index is 677. The van der Waals surface area contributed by atoms with Crippen molar-refractivity contribution in [3.8, 4) is 0 Å². The number of nitrogens with zero attached hydrogens (tertiary/aromatic N) is 3. The molecule has 8 heteroatoms. The highest BCUT2D eigenvalue weighted by molar-refractivity contribution is 14.0. The number of benzene rings is 1. The van der Waals surface area contributed by atoms with Crippen molar-refractivity contribution in [3.05, 3.63) is 34.9 Å². The second-order valence-corrected chi connectivity index (χ2v) is 8.08. The van der Waals surface area contributed by atoms with Crippen LogP contribution in [0.5, 0.6) is 0 Å². The molecular weight excluding hydrogens is 491 g/mol. The molecule has 0 bridgehead atoms. The molecule has 2 saturated heterocycles. The molecule has 28 heavy (non-hydrogen) atoms. The fourth-order valence-corrected chi connectivity index (χ4v) is 3.52. The molecule has 1 amide bonds. The molecular formula is C20H30ClIN4O2. The van der Waals surface area contributed by atoms with Crippen LogP contribution in [0.4, 0.5) is 0 Å². The molecule has 0 saturated carbocycles. The first kappa shape index (κ1) is 23.2. The summed E-state index contributed by atoms with van der Waals surface area (Å²) in [6.45, 7) is 9.76. The Labute approximate surface area is 189 Å². The smallest absolute Gasteiger partial charge is 0.242 e. The van der Waals surface area contributed by atoms with Gasteiger partial charge < -0.3 is 19.9 Å². The lowest BCUT2D eigenvalue weighted by Gasteiger charge is -2.36. The number of amides is 1. The minimum Gasteiger partial charge on any atom is -0.381 e. The van der Waals surface area contributed by atoms with E-state index in [9.17, 15) is 4.79 Å². The number of nitrogens with one attached hydrogen (secondary N) is 1. The van der Waals surface area contributed by atoms with Gasteiger partial charge in [-0.1, -0.05) is 30.7 Å². The molecule has 2 fully saturated rings. The highest BCUT2D eigenvalue weighted by Crippen LogP contribution is 2.28. The number of aliphatic imine (C=N–C) groups is 1. The predicted octanol–water partition coefficient (Wildman–Crippen LogP) is 2.99. The Morgan fingerprint density at radius 3 is 2.68 bits per heavy atom. The van der Waals surface area contributed by atoms with Crippen LogP contribution in [-0.2, 0) is 16.1 Å². The lowest BCUT2D eigenvalue weighted by atomic mass is 9.90. The third-order valence-electron chi connectivity index (χ3n) is 5.15. The van der Waals surface area contributed by atoms with Crippen LogP contribution >= 0.6 is 35.6 Å². The monoisotopic (exact) mass is 520 g/mol. The first-order valence-corrected chi connectivity index (χ1v) is 10.0. The lowest BCUT2D eigenvalue weighted by molar-refractivity contribution is -0.135. The molecule has 1 aromatic carbocycles. The second kappa shape index (κ2) is 10.6. The van der Waals surface area contributed by atoms with E-state index in [2.05, 4.69) is 24.1 Å². The summed E-state index contributed by atoms with van der Waals surface area (Å²) in [5.41, 5.74) is 1.19. The Balaban J connectivity index is 0.00000280. The van der Waals surface area contributed by atoms with E-state index in [0.29, 0.717) is 31.2 Å². The molecule has 0 spiro atoms. The SMILES string of the molecule is CCNC(=NCC1(C)CCOC1)N1CCN(Cc2ccc(Cl)cc2)C(=O)C1.I. The summed E-state index contributed by atoms with van der Waals surface area (Å²) in [5.74, 6) is 0.947. The number of carbonyl (C=O) groups excluding carboxylic acids is 1. The molecule has 0 aliphatic carbocycles. The van der Waals surface area contributed by atoms with Gasteiger partial charge in [0.25, 0.3) is 0 Å². The van der Waals surface area contributed by atoms with Gasteiger partial charge in [0.2, 0.25) is 5.91 Å². The summed E-state index contributed by atoms with van der Waals surface area (Å²) in [6, 6.07) is 7.66. The average Bonchev–Trinajstić information content (AvgIpc) is 3.09. The summed E-state index contributed by atoms with van der Waals surface area (Å²) >= 11 is 5.94. The summed E-state index contributed by atoms with van der Waals surface area (Å²) in [5, 5.41) is 4.05. The van der Waals surface area contributed by atoms with Crippen LogP contribution in [-0.4, -0.2) is 67.6 Å². The van der Waals surface area contributed by atoms with Gasteiger partial charge in [-0.05, 0) is 31.0 Å². The first-order chi connectivity index (χ1) is 13.0. The molecule has 2 heterocycles. The van der Waals surface area contributed by atoms with Crippen molar-refractivity contribution in [2.45, 2.75) is 26.8 Å². The van der Waals surface area contributed by atoms with Crippen LogP contribution in [0.25, 0.3) is 0 Å². The summed E-state index contributed by atoms with van der Waals surface area (Å²) in [7, 11) is 0. The van der Waals surface area contributed by atoms with Gasteiger partial charge in [-0.3, -0.25) is 9.79 Å². The van der Waals surface area contributed by atoms with Crippen LogP contribution in [0, 0.1) is 5.41 Å². The van der Waals surface area contributed by atoms with Gasteiger partial charge in [0.1, 0.15) is 0 Å². The second-order valence-electron chi connectivity index (χ2n) is 7.65. The topological polar surface area (TPSA) is 57.2 Å². The number of rotatable bonds is 5. The van der Waals surface area contributed by atoms with Crippen LogP contribution < -0.4 is 5.32 Å². The zero-order valence-electron chi connectivity index (χ0n) is 16.6. The van der Waals surface area contributed by atoms with E-state index >= 15 is 0 Å². The van der Waals surface area contributed by atoms with Crippen molar-refractivity contribution in [3.63, 3.8) is 0 Å². The van der Waals surface area contributed by atoms with Crippen molar-refractivity contribution >= 4 is 47.4 Å². The Hall–Kier alpha value is -1.06. The van der Waals surface area contributed by atoms with Gasteiger partial charge in [-0.2, -0.15) is 0 Å². The molecule has 6 nitrogen and oxygen atoms in total. The number of carbonyl (C=O) groups is 1. The quantitative estimate of drug-likeness (QED) is 0.368. The fraction of sp³-hybridized carbons (Fsp3) is 0.600. The number of halogens is 2. The number of hydrogen-bond donors (Lipinski definition) is 1. The number of hydrogen-bond acceptors (Lipinski definition) is 3. The number of guanidine groups is 1. The Morgan fingerprint density at radius 1 is 1.32 bits per heavy atom. The van der Waals surface area contributed by atoms with Gasteiger partial charge in [0, 0.05) is 43.2 Å². The van der Waals surface area contributed by atoms with Gasteiger partial charge in [0.05, 0.1) is 19.7 Å². The number of ether oxygens (including phenoxy) is 1. The van der Waals surface area contributed by atoms with Crippen molar-refractivity contribution < 1.29 is 9.53 Å². The van der Waals surface area contributed by atoms with Crippen molar-refractivity contribution in [1.29, 1.82) is 0 Å². The molecule has 0 radical (unpaired) electrons. The van der Waals surface area contributed by atoms with Crippen LogP contribution in [0.15, 0.2) is 29.3 Å². The van der Waals surface area contributed by atoms with Gasteiger partial charge >= 0.3 is 0 Å². The minimum atomic E-state index is 0. The van der Waals surface area contributed by atoms with E-state index in [-0.39, 0.29) is 35.3 Å². The lowest BCUT2D eigenvalue weighted by Crippen LogP contribution is -2.55. The first-order valence-electron chi connectivity index (χ1n) is 9.62. The average molecular weight is 521 g/mol. The van der Waals surface area contributed by atoms with E-state index in [1.54, 1.807) is 0 Å². The zero-order chi connectivity index (χ0) is 19.3. The Morgan fingerprint density at radius 2 is 2.07 bits per heavy atom. The zero-order valence-corrected chi connectivity index (χ0v) is 19.7. The van der Waals surface area contributed by atoms with Crippen molar-refractivity contribution in [2.24, 2.45) is 10.4 Å². The largest absolute Gasteiger partial charge is 0.381 e. The maximum atomic E-state index is 12.7. The summed E-state index contributed by atoms with van der Waals surface area (Å²) in [6.07, 6.45) is 1.03. The molecule has 1 N–H and O–H groups in total. The normalized spacial score (nSPS) is 23.0. The minimum absolute atomic E-state index is 0. The van der Waals surface area contributed by atoms with Crippen molar-refractivity contribution in [2.75, 3.05) is 45.9 Å². The standard InChI is InChI=1S/C20H29ClN4O2.HI/c1-3-22-19(23-14-20(2)8-11-27-15-20)25-10-9-24(18(26)13-25)12-16-4-6-17(21)7-5-16;/h4-7H,3,8-15H2,1-2H3,(H,22,23);1H. The maximum absolute atomic E-state index is 12.7. The molecule has 1 atom stereocenters. The van der Waals surface area contributed by atoms with Gasteiger partial charge in [-0.15, -0.1) is 24.0 Å². The number of piperazine rings is 1. The molecule has 3 rings (SSSR count). The molecule has 2 aliphatic rings. The van der Waals surface area contributed by atoms with Crippen molar-refractivity contribution in [1.82, 2.24) is 15.1 Å². The fourth-order valence-electron chi connectivity index (χ4n) is 3.39. The third kappa shape index (κ3) is 6.22. The maximum Gasteiger partial charge on any atom is 0.242 e. The third-order valence-corrected chi connectivity index (χ3v) is 5.40. The summed E-state index contributed by atoms with van der Waals surface area (Å²) in [4.78, 5) is 21.4. The van der Waals surface area contributed by atoms with E-state index in [0.717, 1.165) is 44.2 Å². The van der Waals surface area contributed by atoms with Crippen LogP contribution in [0.3, 0.4) is 0 Å². The van der Waals surface area contributed by atoms with E-state index in [1.807, 2.05) is 29.2 Å². The van der Waals surface area contributed by atoms with Crippen LogP contribution in [0.1, 0.15) is 25.8 Å². The molecule has 1 unspecified atom stereocenters. The van der Waals surface area contributed by atoms with E-state index < -0.39 is 0 Å². The molecule has 1 aromatic rings. The highest BCUT2D eigenvalue weighted by atomic mass is 127. The molecule has 0 aromatic heterocycles. The highest BCUT2D eigenvalue weighted by Gasteiger charge is 2.31. The van der Waals surface area contributed by atoms with E-state index in [1.165, 1.54) is 0 Å². The summed E-state index contributed by atoms with van der Waals surface area (Å²) < 4.78 is 5.52. The Kier molecular flexibility index (Phi) is 8.82. The molecule has 156 valence electrons. The predicted molar refractivity (Wildman–Crippen MR) is 123 cm³/mol. The van der Waals surface area contributed by atoms with Crippen LogP contribution in [0.2, 0.25) is 5.02 Å². The van der Waals surface area contributed by atoms with E-state index in [4.69, 9.17) is 21.3 Å². The van der Waals surface area contributed by atoms with Gasteiger partial charge in [-0.25, -0.2) is 0 Å². The van der Waals surface area contributed by atoms with Gasteiger partial charge in [0.15, 0.2) is 5.96 Å². The molecule has 2 aliphatic heterocycles.